The van der Waals surface area contributed by atoms with Crippen LogP contribution in [0.15, 0.2) is 42.5 Å². The Morgan fingerprint density at radius 2 is 1.71 bits per heavy atom. The molecule has 0 aliphatic heterocycles. The number of aliphatic hydroxyl groups excluding tert-OH is 1. The monoisotopic (exact) mass is 329 g/mol. The van der Waals surface area contributed by atoms with Crippen molar-refractivity contribution in [2.24, 2.45) is 0 Å². The van der Waals surface area contributed by atoms with E-state index in [1.807, 2.05) is 0 Å². The van der Waals surface area contributed by atoms with E-state index < -0.39 is 15.8 Å². The summed E-state index contributed by atoms with van der Waals surface area (Å²) >= 11 is 5.61. The zero-order valence-electron chi connectivity index (χ0n) is 10.9. The fourth-order valence-corrected chi connectivity index (χ4v) is 3.10. The molecule has 0 aromatic heterocycles. The number of rotatable bonds is 5. The van der Waals surface area contributed by atoms with Gasteiger partial charge < -0.3 is 5.11 Å². The Balaban J connectivity index is 2.14. The minimum Gasteiger partial charge on any atom is -0.392 e. The molecule has 0 fully saturated rings. The van der Waals surface area contributed by atoms with E-state index in [0.717, 1.165) is 6.07 Å². The van der Waals surface area contributed by atoms with E-state index in [1.54, 1.807) is 24.3 Å². The Kier molecular flexibility index (Phi) is 4.82. The third-order valence-corrected chi connectivity index (χ3v) is 4.24. The van der Waals surface area contributed by atoms with E-state index in [4.69, 9.17) is 16.7 Å². The second-order valence-corrected chi connectivity index (χ2v) is 6.62. The van der Waals surface area contributed by atoms with Crippen LogP contribution in [0.5, 0.6) is 0 Å². The predicted octanol–water partition coefficient (Wildman–Crippen LogP) is 2.91. The molecule has 0 unspecified atom stereocenters. The van der Waals surface area contributed by atoms with E-state index in [0.29, 0.717) is 11.1 Å². The highest BCUT2D eigenvalue weighted by molar-refractivity contribution is 7.91. The number of hydrogen-bond acceptors (Lipinski definition) is 3. The summed E-state index contributed by atoms with van der Waals surface area (Å²) in [7, 11) is -3.74. The molecular weight excluding hydrogens is 317 g/mol. The number of sulfonamides is 1. The summed E-state index contributed by atoms with van der Waals surface area (Å²) in [6.07, 6.45) is 0. The first kappa shape index (κ1) is 15.8. The Labute approximate surface area is 127 Å². The van der Waals surface area contributed by atoms with E-state index in [9.17, 15) is 12.8 Å². The molecule has 0 saturated heterocycles. The van der Waals surface area contributed by atoms with Gasteiger partial charge in [-0.2, -0.15) is 0 Å². The van der Waals surface area contributed by atoms with E-state index in [2.05, 4.69) is 4.72 Å². The van der Waals surface area contributed by atoms with Crippen LogP contribution in [0.1, 0.15) is 11.1 Å². The lowest BCUT2D eigenvalue weighted by Gasteiger charge is -2.09. The Hall–Kier alpha value is -1.63. The zero-order chi connectivity index (χ0) is 15.5. The molecule has 0 aliphatic carbocycles. The standard InChI is InChI=1S/C14H13ClFNO3S/c15-12-5-6-14(13(16)7-12)17-21(19,20)9-11-3-1-10(8-18)2-4-11/h1-7,17-18H,8-9H2. The first-order valence-corrected chi connectivity index (χ1v) is 8.07. The molecule has 0 bridgehead atoms. The van der Waals surface area contributed by atoms with Gasteiger partial charge in [0.05, 0.1) is 18.0 Å². The maximum atomic E-state index is 13.6. The Morgan fingerprint density at radius 1 is 1.10 bits per heavy atom. The summed E-state index contributed by atoms with van der Waals surface area (Å²) in [6, 6.07) is 10.2. The molecule has 4 nitrogen and oxygen atoms in total. The third-order valence-electron chi connectivity index (χ3n) is 2.76. The lowest BCUT2D eigenvalue weighted by Crippen LogP contribution is -2.16. The van der Waals surface area contributed by atoms with Crippen molar-refractivity contribution in [1.82, 2.24) is 0 Å². The van der Waals surface area contributed by atoms with Gasteiger partial charge in [0.15, 0.2) is 0 Å². The van der Waals surface area contributed by atoms with Crippen LogP contribution < -0.4 is 4.72 Å². The molecular formula is C14H13ClFNO3S. The third kappa shape index (κ3) is 4.42. The van der Waals surface area contributed by atoms with Gasteiger partial charge in [0.25, 0.3) is 0 Å². The molecule has 2 N–H and O–H groups in total. The summed E-state index contributed by atoms with van der Waals surface area (Å²) in [4.78, 5) is 0. The molecule has 0 aliphatic rings. The van der Waals surface area contributed by atoms with Crippen LogP contribution in [-0.4, -0.2) is 13.5 Å². The average molecular weight is 330 g/mol. The first-order valence-electron chi connectivity index (χ1n) is 6.04. The van der Waals surface area contributed by atoms with Crippen molar-refractivity contribution in [3.8, 4) is 0 Å². The zero-order valence-corrected chi connectivity index (χ0v) is 12.5. The second kappa shape index (κ2) is 6.43. The highest BCUT2D eigenvalue weighted by atomic mass is 35.5. The van der Waals surface area contributed by atoms with Crippen molar-refractivity contribution in [2.45, 2.75) is 12.4 Å². The lowest BCUT2D eigenvalue weighted by atomic mass is 10.2. The van der Waals surface area contributed by atoms with Crippen molar-refractivity contribution in [2.75, 3.05) is 4.72 Å². The molecule has 0 amide bonds. The summed E-state index contributed by atoms with van der Waals surface area (Å²) in [5.41, 5.74) is 1.08. The normalized spacial score (nSPS) is 11.4. The Bertz CT molecular complexity index is 732. The molecule has 21 heavy (non-hydrogen) atoms. The van der Waals surface area contributed by atoms with E-state index in [1.165, 1.54) is 12.1 Å². The van der Waals surface area contributed by atoms with Crippen molar-refractivity contribution < 1.29 is 17.9 Å². The van der Waals surface area contributed by atoms with E-state index >= 15 is 0 Å². The van der Waals surface area contributed by atoms with Crippen LogP contribution in [0, 0.1) is 5.82 Å². The van der Waals surface area contributed by atoms with Crippen LogP contribution in [0.2, 0.25) is 5.02 Å². The highest BCUT2D eigenvalue weighted by Gasteiger charge is 2.14. The van der Waals surface area contributed by atoms with Crippen molar-refractivity contribution in [3.63, 3.8) is 0 Å². The summed E-state index contributed by atoms with van der Waals surface area (Å²) < 4.78 is 39.8. The summed E-state index contributed by atoms with van der Waals surface area (Å²) in [5.74, 6) is -1.03. The molecule has 7 heteroatoms. The van der Waals surface area contributed by atoms with Gasteiger partial charge in [-0.15, -0.1) is 0 Å². The molecule has 112 valence electrons. The maximum Gasteiger partial charge on any atom is 0.237 e. The van der Waals surface area contributed by atoms with Crippen LogP contribution in [0.4, 0.5) is 10.1 Å². The van der Waals surface area contributed by atoms with Gasteiger partial charge in [0.2, 0.25) is 10.0 Å². The smallest absolute Gasteiger partial charge is 0.237 e. The summed E-state index contributed by atoms with van der Waals surface area (Å²) in [5, 5.41) is 9.12. The number of aliphatic hydroxyl groups is 1. The van der Waals surface area contributed by atoms with E-state index in [-0.39, 0.29) is 23.1 Å². The molecule has 2 aromatic carbocycles. The maximum absolute atomic E-state index is 13.6. The van der Waals surface area contributed by atoms with Gasteiger partial charge in [0.1, 0.15) is 5.82 Å². The highest BCUT2D eigenvalue weighted by Crippen LogP contribution is 2.21. The fraction of sp³-hybridized carbons (Fsp3) is 0.143. The predicted molar refractivity (Wildman–Crippen MR) is 80.0 cm³/mol. The van der Waals surface area contributed by atoms with Crippen LogP contribution >= 0.6 is 11.6 Å². The van der Waals surface area contributed by atoms with Gasteiger partial charge in [-0.1, -0.05) is 35.9 Å². The number of anilines is 1. The average Bonchev–Trinajstić information content (AvgIpc) is 2.42. The number of benzene rings is 2. The molecule has 0 atom stereocenters. The fourth-order valence-electron chi connectivity index (χ4n) is 1.74. The molecule has 2 aromatic rings. The number of halogens is 2. The Morgan fingerprint density at radius 3 is 2.29 bits per heavy atom. The van der Waals surface area contributed by atoms with Gasteiger partial charge in [0, 0.05) is 5.02 Å². The molecule has 0 spiro atoms. The topological polar surface area (TPSA) is 66.4 Å². The van der Waals surface area contributed by atoms with Crippen molar-refractivity contribution in [3.05, 3.63) is 64.4 Å². The number of hydrogen-bond donors (Lipinski definition) is 2. The first-order chi connectivity index (χ1) is 9.89. The largest absolute Gasteiger partial charge is 0.392 e. The minimum atomic E-state index is -3.74. The molecule has 0 heterocycles. The van der Waals surface area contributed by atoms with Gasteiger partial charge in [-0.25, -0.2) is 12.8 Å². The van der Waals surface area contributed by atoms with Crippen molar-refractivity contribution >= 4 is 27.3 Å². The van der Waals surface area contributed by atoms with Gasteiger partial charge in [-0.05, 0) is 29.3 Å². The number of nitrogens with one attached hydrogen (secondary N) is 1. The van der Waals surface area contributed by atoms with Crippen molar-refractivity contribution in [1.29, 1.82) is 0 Å². The molecule has 0 saturated carbocycles. The molecule has 0 radical (unpaired) electrons. The summed E-state index contributed by atoms with van der Waals surface area (Å²) in [6.45, 7) is -0.110. The minimum absolute atomic E-state index is 0.110. The SMILES string of the molecule is O=S(=O)(Cc1ccc(CO)cc1)Nc1ccc(Cl)cc1F. The van der Waals surface area contributed by atoms with Crippen LogP contribution in [-0.2, 0) is 22.4 Å². The van der Waals surface area contributed by atoms with Gasteiger partial charge in [-0.3, -0.25) is 4.72 Å². The van der Waals surface area contributed by atoms with Crippen LogP contribution in [0.3, 0.4) is 0 Å². The van der Waals surface area contributed by atoms with Gasteiger partial charge >= 0.3 is 0 Å². The second-order valence-electron chi connectivity index (χ2n) is 4.46. The van der Waals surface area contributed by atoms with Crippen LogP contribution in [0.25, 0.3) is 0 Å². The molecule has 2 rings (SSSR count). The quantitative estimate of drug-likeness (QED) is 0.886. The lowest BCUT2D eigenvalue weighted by molar-refractivity contribution is 0.282.